The summed E-state index contributed by atoms with van der Waals surface area (Å²) in [6.45, 7) is 0.368. The molecule has 22 heavy (non-hydrogen) atoms. The number of sulfonamides is 1. The molecular formula is C14H20N2O5S. The lowest BCUT2D eigenvalue weighted by Crippen LogP contribution is -2.32. The van der Waals surface area contributed by atoms with Crippen LogP contribution in [0.5, 0.6) is 11.5 Å². The summed E-state index contributed by atoms with van der Waals surface area (Å²) in [6.07, 6.45) is 1.88. The zero-order chi connectivity index (χ0) is 16.3. The van der Waals surface area contributed by atoms with Crippen LogP contribution in [0.15, 0.2) is 18.2 Å². The Balaban J connectivity index is 2.12. The zero-order valence-electron chi connectivity index (χ0n) is 12.9. The van der Waals surface area contributed by atoms with Crippen molar-refractivity contribution in [1.29, 1.82) is 0 Å². The Morgan fingerprint density at radius 2 is 1.91 bits per heavy atom. The molecule has 1 heterocycles. The van der Waals surface area contributed by atoms with Gasteiger partial charge < -0.3 is 14.4 Å². The average Bonchev–Trinajstić information content (AvgIpc) is 2.89. The number of nitrogens with zero attached hydrogens (tertiary/aromatic N) is 2. The van der Waals surface area contributed by atoms with Gasteiger partial charge in [-0.25, -0.2) is 8.42 Å². The van der Waals surface area contributed by atoms with Crippen LogP contribution < -0.4 is 13.8 Å². The Bertz CT molecular complexity index is 657. The molecular weight excluding hydrogens is 308 g/mol. The molecule has 0 bridgehead atoms. The van der Waals surface area contributed by atoms with Crippen LogP contribution in [0.25, 0.3) is 0 Å². The van der Waals surface area contributed by atoms with Gasteiger partial charge in [-0.3, -0.25) is 9.10 Å². The van der Waals surface area contributed by atoms with Gasteiger partial charge in [0.15, 0.2) is 11.5 Å². The molecule has 1 aromatic rings. The topological polar surface area (TPSA) is 76.2 Å². The summed E-state index contributed by atoms with van der Waals surface area (Å²) in [6, 6.07) is 4.99. The van der Waals surface area contributed by atoms with E-state index < -0.39 is 10.0 Å². The van der Waals surface area contributed by atoms with Crippen LogP contribution in [0, 0.1) is 0 Å². The van der Waals surface area contributed by atoms with Crippen LogP contribution in [0.3, 0.4) is 0 Å². The number of rotatable bonds is 6. The zero-order valence-corrected chi connectivity index (χ0v) is 13.7. The molecule has 0 fully saturated rings. The van der Waals surface area contributed by atoms with Crippen molar-refractivity contribution in [3.8, 4) is 11.5 Å². The van der Waals surface area contributed by atoms with Crippen LogP contribution in [0.2, 0.25) is 0 Å². The van der Waals surface area contributed by atoms with E-state index in [-0.39, 0.29) is 19.2 Å². The first-order valence-electron chi connectivity index (χ1n) is 6.86. The average molecular weight is 328 g/mol. The molecule has 0 radical (unpaired) electrons. The lowest BCUT2D eigenvalue weighted by Gasteiger charge is -2.22. The Morgan fingerprint density at radius 3 is 2.55 bits per heavy atom. The number of hydrogen-bond donors (Lipinski definition) is 0. The van der Waals surface area contributed by atoms with Crippen molar-refractivity contribution in [2.24, 2.45) is 0 Å². The third-order valence-corrected chi connectivity index (χ3v) is 4.49. The van der Waals surface area contributed by atoms with Crippen LogP contribution in [-0.2, 0) is 14.8 Å². The number of anilines is 1. The second-order valence-electron chi connectivity index (χ2n) is 5.26. The van der Waals surface area contributed by atoms with Crippen LogP contribution >= 0.6 is 0 Å². The lowest BCUT2D eigenvalue weighted by atomic mass is 10.2. The number of carbonyl (C=O) groups is 1. The van der Waals surface area contributed by atoms with Gasteiger partial charge in [-0.15, -0.1) is 0 Å². The number of fused-ring (bicyclic) bond motifs is 1. The molecule has 1 aliphatic rings. The van der Waals surface area contributed by atoms with E-state index in [1.165, 1.54) is 9.21 Å². The first kappa shape index (κ1) is 16.4. The van der Waals surface area contributed by atoms with E-state index in [9.17, 15) is 13.2 Å². The summed E-state index contributed by atoms with van der Waals surface area (Å²) in [5.74, 6) is 1.09. The lowest BCUT2D eigenvalue weighted by molar-refractivity contribution is -0.128. The first-order valence-corrected chi connectivity index (χ1v) is 8.71. The minimum Gasteiger partial charge on any atom is -0.454 e. The van der Waals surface area contributed by atoms with Crippen LogP contribution in [0.1, 0.15) is 12.8 Å². The van der Waals surface area contributed by atoms with Crippen molar-refractivity contribution >= 4 is 21.6 Å². The highest BCUT2D eigenvalue weighted by atomic mass is 32.2. The van der Waals surface area contributed by atoms with Crippen molar-refractivity contribution < 1.29 is 22.7 Å². The second-order valence-corrected chi connectivity index (χ2v) is 7.17. The Labute approximate surface area is 130 Å². The van der Waals surface area contributed by atoms with E-state index in [1.807, 2.05) is 0 Å². The number of hydrogen-bond acceptors (Lipinski definition) is 5. The first-order chi connectivity index (χ1) is 10.3. The highest BCUT2D eigenvalue weighted by molar-refractivity contribution is 7.92. The maximum absolute atomic E-state index is 12.0. The van der Waals surface area contributed by atoms with Crippen LogP contribution in [0.4, 0.5) is 5.69 Å². The van der Waals surface area contributed by atoms with Crippen molar-refractivity contribution in [3.05, 3.63) is 18.2 Å². The van der Waals surface area contributed by atoms with Gasteiger partial charge in [0.1, 0.15) is 0 Å². The summed E-state index contributed by atoms with van der Waals surface area (Å²) >= 11 is 0. The van der Waals surface area contributed by atoms with E-state index in [0.29, 0.717) is 30.0 Å². The van der Waals surface area contributed by atoms with Crippen LogP contribution in [-0.4, -0.2) is 52.9 Å². The monoisotopic (exact) mass is 328 g/mol. The normalized spacial score (nSPS) is 13.0. The molecule has 7 nitrogen and oxygen atoms in total. The van der Waals surface area contributed by atoms with Gasteiger partial charge in [0.05, 0.1) is 11.9 Å². The number of ether oxygens (including phenoxy) is 2. The molecule has 0 aliphatic carbocycles. The summed E-state index contributed by atoms with van der Waals surface area (Å²) < 4.78 is 35.8. The van der Waals surface area contributed by atoms with E-state index >= 15 is 0 Å². The summed E-state index contributed by atoms with van der Waals surface area (Å²) in [5, 5.41) is 0. The molecule has 0 spiro atoms. The van der Waals surface area contributed by atoms with E-state index in [4.69, 9.17) is 9.47 Å². The number of benzene rings is 1. The Kier molecular flexibility index (Phi) is 4.80. The third kappa shape index (κ3) is 3.82. The quantitative estimate of drug-likeness (QED) is 0.780. The molecule has 2 rings (SSSR count). The van der Waals surface area contributed by atoms with Gasteiger partial charge in [0.25, 0.3) is 0 Å². The maximum atomic E-state index is 12.0. The Hall–Kier alpha value is -1.96. The molecule has 0 atom stereocenters. The highest BCUT2D eigenvalue weighted by Gasteiger charge is 2.21. The molecule has 122 valence electrons. The minimum absolute atomic E-state index is 0.0286. The van der Waals surface area contributed by atoms with Gasteiger partial charge >= 0.3 is 0 Å². The van der Waals surface area contributed by atoms with E-state index in [2.05, 4.69) is 0 Å². The molecule has 1 aliphatic heterocycles. The molecule has 0 aromatic heterocycles. The summed E-state index contributed by atoms with van der Waals surface area (Å²) in [7, 11) is -0.0913. The molecule has 8 heteroatoms. The molecule has 1 amide bonds. The fourth-order valence-corrected chi connectivity index (χ4v) is 3.08. The fraction of sp³-hybridized carbons (Fsp3) is 0.500. The predicted molar refractivity (Wildman–Crippen MR) is 82.7 cm³/mol. The third-order valence-electron chi connectivity index (χ3n) is 3.30. The molecule has 0 unspecified atom stereocenters. The largest absolute Gasteiger partial charge is 0.454 e. The van der Waals surface area contributed by atoms with Gasteiger partial charge in [-0.1, -0.05) is 0 Å². The van der Waals surface area contributed by atoms with Gasteiger partial charge in [0.2, 0.25) is 22.7 Å². The van der Waals surface area contributed by atoms with Crippen molar-refractivity contribution in [1.82, 2.24) is 4.90 Å². The standard InChI is InChI=1S/C14H20N2O5S/c1-15(2)14(17)5-4-8-16(22(3,18)19)11-6-7-12-13(9-11)21-10-20-12/h6-7,9H,4-5,8,10H2,1-3H3. The number of carbonyl (C=O) groups excluding carboxylic acids is 1. The van der Waals surface area contributed by atoms with Crippen molar-refractivity contribution in [2.75, 3.05) is 38.0 Å². The van der Waals surface area contributed by atoms with Gasteiger partial charge in [-0.2, -0.15) is 0 Å². The highest BCUT2D eigenvalue weighted by Crippen LogP contribution is 2.36. The summed E-state index contributed by atoms with van der Waals surface area (Å²) in [4.78, 5) is 13.1. The molecule has 0 N–H and O–H groups in total. The van der Waals surface area contributed by atoms with Crippen molar-refractivity contribution in [3.63, 3.8) is 0 Å². The van der Waals surface area contributed by atoms with Crippen molar-refractivity contribution in [2.45, 2.75) is 12.8 Å². The van der Waals surface area contributed by atoms with E-state index in [0.717, 1.165) is 6.26 Å². The number of amides is 1. The predicted octanol–water partition coefficient (Wildman–Crippen LogP) is 1.05. The smallest absolute Gasteiger partial charge is 0.232 e. The fourth-order valence-electron chi connectivity index (χ4n) is 2.12. The SMILES string of the molecule is CN(C)C(=O)CCCN(c1ccc2c(c1)OCO2)S(C)(=O)=O. The molecule has 0 saturated carbocycles. The van der Waals surface area contributed by atoms with Gasteiger partial charge in [0, 0.05) is 33.1 Å². The molecule has 0 saturated heterocycles. The minimum atomic E-state index is -3.44. The summed E-state index contributed by atoms with van der Waals surface area (Å²) in [5.41, 5.74) is 0.504. The van der Waals surface area contributed by atoms with E-state index in [1.54, 1.807) is 32.3 Å². The maximum Gasteiger partial charge on any atom is 0.232 e. The van der Waals surface area contributed by atoms with Gasteiger partial charge in [-0.05, 0) is 18.6 Å². The Morgan fingerprint density at radius 1 is 1.23 bits per heavy atom. The molecule has 1 aromatic carbocycles. The second kappa shape index (κ2) is 6.43.